The SMILES string of the molecule is NS(=O)(=O)N1CCC2(CCN(c3ncnc4[nH]ccc34)CC2)C1. The number of nitrogens with two attached hydrogens (primary N) is 1. The van der Waals surface area contributed by atoms with Crippen molar-refractivity contribution in [2.75, 3.05) is 31.1 Å². The van der Waals surface area contributed by atoms with Gasteiger partial charge in [0.05, 0.1) is 5.39 Å². The summed E-state index contributed by atoms with van der Waals surface area (Å²) in [4.78, 5) is 14.0. The molecule has 23 heavy (non-hydrogen) atoms. The first-order valence-electron chi connectivity index (χ1n) is 7.78. The highest BCUT2D eigenvalue weighted by molar-refractivity contribution is 7.86. The predicted molar refractivity (Wildman–Crippen MR) is 87.1 cm³/mol. The highest BCUT2D eigenvalue weighted by Crippen LogP contribution is 2.42. The third kappa shape index (κ3) is 2.58. The number of hydrogen-bond acceptors (Lipinski definition) is 5. The second-order valence-corrected chi connectivity index (χ2v) is 8.10. The van der Waals surface area contributed by atoms with Crippen molar-refractivity contribution >= 4 is 27.1 Å². The monoisotopic (exact) mass is 336 g/mol. The quantitative estimate of drug-likeness (QED) is 0.828. The standard InChI is InChI=1S/C14H20N6O2S/c15-23(21,22)20-8-4-14(9-20)2-6-19(7-3-14)13-11-1-5-16-12(11)17-10-18-13/h1,5,10H,2-4,6-9H2,(H2,15,21,22)(H,16,17,18). The van der Waals surface area contributed by atoms with Gasteiger partial charge in [-0.15, -0.1) is 0 Å². The minimum atomic E-state index is -3.57. The molecule has 0 aromatic carbocycles. The van der Waals surface area contributed by atoms with E-state index < -0.39 is 10.2 Å². The number of anilines is 1. The number of H-pyrrole nitrogens is 1. The van der Waals surface area contributed by atoms with E-state index in [4.69, 9.17) is 5.14 Å². The Balaban J connectivity index is 1.51. The molecule has 0 atom stereocenters. The average molecular weight is 336 g/mol. The van der Waals surface area contributed by atoms with Crippen molar-refractivity contribution in [1.29, 1.82) is 0 Å². The summed E-state index contributed by atoms with van der Waals surface area (Å²) in [6.45, 7) is 2.82. The normalized spacial score (nSPS) is 22.2. The third-order valence-electron chi connectivity index (χ3n) is 5.22. The van der Waals surface area contributed by atoms with E-state index in [9.17, 15) is 8.42 Å². The van der Waals surface area contributed by atoms with Crippen molar-refractivity contribution in [3.63, 3.8) is 0 Å². The molecule has 4 rings (SSSR count). The Bertz CT molecular complexity index is 825. The van der Waals surface area contributed by atoms with Crippen LogP contribution >= 0.6 is 0 Å². The van der Waals surface area contributed by atoms with Gasteiger partial charge in [-0.3, -0.25) is 0 Å². The molecule has 2 saturated heterocycles. The Morgan fingerprint density at radius 1 is 1.17 bits per heavy atom. The molecule has 0 saturated carbocycles. The topological polar surface area (TPSA) is 108 Å². The van der Waals surface area contributed by atoms with Gasteiger partial charge in [-0.2, -0.15) is 12.7 Å². The Kier molecular flexibility index (Phi) is 3.33. The lowest BCUT2D eigenvalue weighted by Crippen LogP contribution is -2.43. The average Bonchev–Trinajstić information content (AvgIpc) is 3.14. The van der Waals surface area contributed by atoms with Crippen LogP contribution in [0.5, 0.6) is 0 Å². The van der Waals surface area contributed by atoms with E-state index in [1.807, 2.05) is 12.3 Å². The largest absolute Gasteiger partial charge is 0.356 e. The van der Waals surface area contributed by atoms with E-state index in [1.165, 1.54) is 4.31 Å². The molecule has 1 spiro atoms. The maximum atomic E-state index is 11.5. The molecule has 4 heterocycles. The molecule has 0 aliphatic carbocycles. The van der Waals surface area contributed by atoms with Crippen LogP contribution in [0.2, 0.25) is 0 Å². The molecular formula is C14H20N6O2S. The van der Waals surface area contributed by atoms with Gasteiger partial charge >= 0.3 is 0 Å². The van der Waals surface area contributed by atoms with E-state index in [2.05, 4.69) is 19.9 Å². The summed E-state index contributed by atoms with van der Waals surface area (Å²) in [7, 11) is -3.57. The van der Waals surface area contributed by atoms with Crippen LogP contribution in [0.3, 0.4) is 0 Å². The minimum Gasteiger partial charge on any atom is -0.356 e. The number of nitrogens with one attached hydrogen (secondary N) is 1. The molecule has 2 aromatic rings. The van der Waals surface area contributed by atoms with E-state index in [0.29, 0.717) is 13.1 Å². The second kappa shape index (κ2) is 5.15. The lowest BCUT2D eigenvalue weighted by atomic mass is 9.78. The number of hydrogen-bond donors (Lipinski definition) is 2. The molecule has 2 aliphatic heterocycles. The molecule has 8 nitrogen and oxygen atoms in total. The van der Waals surface area contributed by atoms with Crippen molar-refractivity contribution in [2.24, 2.45) is 10.6 Å². The van der Waals surface area contributed by atoms with Gasteiger partial charge in [0.25, 0.3) is 10.2 Å². The van der Waals surface area contributed by atoms with Crippen LogP contribution in [0.15, 0.2) is 18.6 Å². The summed E-state index contributed by atoms with van der Waals surface area (Å²) in [6.07, 6.45) is 6.25. The third-order valence-corrected chi connectivity index (χ3v) is 6.25. The first-order valence-corrected chi connectivity index (χ1v) is 9.28. The van der Waals surface area contributed by atoms with Crippen LogP contribution in [0.1, 0.15) is 19.3 Å². The van der Waals surface area contributed by atoms with Crippen molar-refractivity contribution in [3.8, 4) is 0 Å². The van der Waals surface area contributed by atoms with Crippen LogP contribution in [-0.4, -0.2) is 53.9 Å². The Morgan fingerprint density at radius 2 is 1.91 bits per heavy atom. The lowest BCUT2D eigenvalue weighted by molar-refractivity contribution is 0.234. The van der Waals surface area contributed by atoms with Crippen molar-refractivity contribution in [1.82, 2.24) is 19.3 Å². The number of piperidine rings is 1. The highest BCUT2D eigenvalue weighted by atomic mass is 32.2. The van der Waals surface area contributed by atoms with Gasteiger partial charge in [-0.25, -0.2) is 15.1 Å². The van der Waals surface area contributed by atoms with Gasteiger partial charge in [0, 0.05) is 32.4 Å². The number of fused-ring (bicyclic) bond motifs is 1. The minimum absolute atomic E-state index is 0.0627. The fraction of sp³-hybridized carbons (Fsp3) is 0.571. The predicted octanol–water partition coefficient (Wildman–Crippen LogP) is 0.454. The lowest BCUT2D eigenvalue weighted by Gasteiger charge is -2.39. The van der Waals surface area contributed by atoms with Crippen LogP contribution in [0, 0.1) is 5.41 Å². The van der Waals surface area contributed by atoms with Crippen LogP contribution in [0.4, 0.5) is 5.82 Å². The van der Waals surface area contributed by atoms with Crippen LogP contribution in [0.25, 0.3) is 11.0 Å². The zero-order chi connectivity index (χ0) is 16.1. The molecule has 124 valence electrons. The smallest absolute Gasteiger partial charge is 0.276 e. The fourth-order valence-electron chi connectivity index (χ4n) is 3.82. The number of aromatic nitrogens is 3. The van der Waals surface area contributed by atoms with Crippen molar-refractivity contribution in [2.45, 2.75) is 19.3 Å². The van der Waals surface area contributed by atoms with Gasteiger partial charge in [-0.05, 0) is 30.7 Å². The summed E-state index contributed by atoms with van der Waals surface area (Å²) in [6, 6.07) is 1.99. The fourth-order valence-corrected chi connectivity index (χ4v) is 4.62. The Labute approximate surface area is 134 Å². The van der Waals surface area contributed by atoms with Crippen LogP contribution in [-0.2, 0) is 10.2 Å². The van der Waals surface area contributed by atoms with E-state index >= 15 is 0 Å². The molecule has 0 amide bonds. The molecule has 3 N–H and O–H groups in total. The van der Waals surface area contributed by atoms with Crippen molar-refractivity contribution < 1.29 is 8.42 Å². The van der Waals surface area contributed by atoms with Gasteiger partial charge in [-0.1, -0.05) is 0 Å². The maximum absolute atomic E-state index is 11.5. The summed E-state index contributed by atoms with van der Waals surface area (Å²) in [5, 5.41) is 6.30. The van der Waals surface area contributed by atoms with Gasteiger partial charge in [0.1, 0.15) is 17.8 Å². The summed E-state index contributed by atoms with van der Waals surface area (Å²) >= 11 is 0. The highest BCUT2D eigenvalue weighted by Gasteiger charge is 2.43. The first kappa shape index (κ1) is 14.9. The van der Waals surface area contributed by atoms with Crippen molar-refractivity contribution in [3.05, 3.63) is 18.6 Å². The molecular weight excluding hydrogens is 316 g/mol. The Morgan fingerprint density at radius 3 is 2.61 bits per heavy atom. The Hall–Kier alpha value is -1.71. The molecule has 9 heteroatoms. The zero-order valence-electron chi connectivity index (χ0n) is 12.8. The van der Waals surface area contributed by atoms with E-state index in [0.717, 1.165) is 49.2 Å². The molecule has 0 bridgehead atoms. The summed E-state index contributed by atoms with van der Waals surface area (Å²) in [5.41, 5.74) is 0.907. The molecule has 2 aromatic heterocycles. The van der Waals surface area contributed by atoms with Gasteiger partial charge in [0.15, 0.2) is 0 Å². The first-order chi connectivity index (χ1) is 11.0. The van der Waals surface area contributed by atoms with Gasteiger partial charge in [0.2, 0.25) is 0 Å². The second-order valence-electron chi connectivity index (χ2n) is 6.55. The zero-order valence-corrected chi connectivity index (χ0v) is 13.6. The molecule has 0 unspecified atom stereocenters. The molecule has 2 fully saturated rings. The maximum Gasteiger partial charge on any atom is 0.276 e. The number of rotatable bonds is 2. The summed E-state index contributed by atoms with van der Waals surface area (Å²) in [5.74, 6) is 0.951. The molecule has 0 radical (unpaired) electrons. The van der Waals surface area contributed by atoms with E-state index in [-0.39, 0.29) is 5.41 Å². The molecule has 2 aliphatic rings. The number of aromatic amines is 1. The van der Waals surface area contributed by atoms with Crippen LogP contribution < -0.4 is 10.0 Å². The van der Waals surface area contributed by atoms with Gasteiger partial charge < -0.3 is 9.88 Å². The van der Waals surface area contributed by atoms with E-state index in [1.54, 1.807) is 6.33 Å². The number of nitrogens with zero attached hydrogens (tertiary/aromatic N) is 4. The summed E-state index contributed by atoms with van der Waals surface area (Å²) < 4.78 is 24.5.